The molecule has 1 saturated carbocycles. The number of halogens is 7. The van der Waals surface area contributed by atoms with Crippen molar-refractivity contribution < 1.29 is 30.7 Å². The van der Waals surface area contributed by atoms with Gasteiger partial charge in [-0.15, -0.1) is 0 Å². The van der Waals surface area contributed by atoms with Crippen LogP contribution in [0.25, 0.3) is 11.5 Å². The highest BCUT2D eigenvalue weighted by molar-refractivity contribution is 5.58. The first kappa shape index (κ1) is 22.6. The van der Waals surface area contributed by atoms with Gasteiger partial charge in [-0.2, -0.15) is 28.1 Å². The predicted octanol–water partition coefficient (Wildman–Crippen LogP) is 4.97. The zero-order valence-electron chi connectivity index (χ0n) is 16.5. The largest absolute Gasteiger partial charge is 0.434 e. The third-order valence-corrected chi connectivity index (χ3v) is 4.65. The normalized spacial score (nSPS) is 17.7. The number of nitrogens with one attached hydrogen (secondary N) is 2. The minimum Gasteiger partial charge on any atom is -0.351 e. The molecule has 174 valence electrons. The highest BCUT2D eigenvalue weighted by Crippen LogP contribution is 2.36. The van der Waals surface area contributed by atoms with Crippen LogP contribution in [0, 0.1) is 11.6 Å². The van der Waals surface area contributed by atoms with Crippen LogP contribution in [0.4, 0.5) is 48.3 Å². The van der Waals surface area contributed by atoms with Crippen LogP contribution in [0.2, 0.25) is 0 Å². The molecule has 3 aromatic rings. The minimum absolute atomic E-state index is 0.0990. The van der Waals surface area contributed by atoms with E-state index in [4.69, 9.17) is 0 Å². The van der Waals surface area contributed by atoms with Crippen LogP contribution in [0.1, 0.15) is 25.0 Å². The van der Waals surface area contributed by atoms with E-state index in [0.29, 0.717) is 12.3 Å². The number of rotatable bonds is 5. The molecule has 4 rings (SSSR count). The zero-order chi connectivity index (χ0) is 23.8. The van der Waals surface area contributed by atoms with Crippen LogP contribution >= 0.6 is 0 Å². The van der Waals surface area contributed by atoms with Crippen LogP contribution in [-0.4, -0.2) is 36.9 Å². The van der Waals surface area contributed by atoms with Gasteiger partial charge in [-0.05, 0) is 18.6 Å². The molecule has 1 aliphatic rings. The summed E-state index contributed by atoms with van der Waals surface area (Å²) in [5.74, 6) is -5.59. The Kier molecular flexibility index (Phi) is 5.76. The average molecular weight is 473 g/mol. The third-order valence-electron chi connectivity index (χ3n) is 4.65. The number of aromatic nitrogens is 5. The van der Waals surface area contributed by atoms with Crippen molar-refractivity contribution >= 4 is 17.6 Å². The lowest BCUT2D eigenvalue weighted by molar-refractivity contribution is -0.141. The zero-order valence-corrected chi connectivity index (χ0v) is 16.5. The molecule has 1 aromatic carbocycles. The van der Waals surface area contributed by atoms with Crippen molar-refractivity contribution in [3.63, 3.8) is 0 Å². The van der Waals surface area contributed by atoms with E-state index < -0.39 is 41.9 Å². The maximum absolute atomic E-state index is 13.5. The van der Waals surface area contributed by atoms with Gasteiger partial charge in [-0.1, -0.05) is 0 Å². The van der Waals surface area contributed by atoms with E-state index in [1.807, 2.05) is 0 Å². The molecular weight excluding hydrogens is 459 g/mol. The lowest BCUT2D eigenvalue weighted by Crippen LogP contribution is -2.21. The van der Waals surface area contributed by atoms with Crippen LogP contribution in [0.5, 0.6) is 0 Å². The summed E-state index contributed by atoms with van der Waals surface area (Å²) in [4.78, 5) is 18.9. The molecule has 0 unspecified atom stereocenters. The second-order valence-electron chi connectivity index (χ2n) is 7.32. The molecule has 0 amide bonds. The summed E-state index contributed by atoms with van der Waals surface area (Å²) < 4.78 is 93.2. The number of nitrogens with zero attached hydrogens (tertiary/aromatic N) is 5. The molecule has 2 heterocycles. The summed E-state index contributed by atoms with van der Waals surface area (Å²) in [6, 6.07) is 1.79. The molecule has 0 spiro atoms. The van der Waals surface area contributed by atoms with Gasteiger partial charge in [0.1, 0.15) is 17.3 Å². The van der Waals surface area contributed by atoms with Crippen LogP contribution < -0.4 is 10.6 Å². The van der Waals surface area contributed by atoms with Gasteiger partial charge in [-0.25, -0.2) is 22.5 Å². The van der Waals surface area contributed by atoms with Crippen LogP contribution in [0.15, 0.2) is 30.6 Å². The summed E-state index contributed by atoms with van der Waals surface area (Å²) in [6.45, 7) is 0. The summed E-state index contributed by atoms with van der Waals surface area (Å²) in [6.07, 6.45) is -4.03. The second-order valence-corrected chi connectivity index (χ2v) is 7.32. The monoisotopic (exact) mass is 473 g/mol. The topological polar surface area (TPSA) is 88.5 Å². The predicted molar refractivity (Wildman–Crippen MR) is 102 cm³/mol. The molecule has 33 heavy (non-hydrogen) atoms. The molecule has 2 aromatic heterocycles. The van der Waals surface area contributed by atoms with E-state index in [9.17, 15) is 30.7 Å². The Morgan fingerprint density at radius 3 is 2.24 bits per heavy atom. The fraction of sp³-hybridized carbons (Fsp3) is 0.316. The maximum Gasteiger partial charge on any atom is 0.434 e. The molecule has 0 bridgehead atoms. The lowest BCUT2D eigenvalue weighted by atomic mass is 10.2. The molecule has 7 nitrogen and oxygen atoms in total. The lowest BCUT2D eigenvalue weighted by Gasteiger charge is -2.15. The molecule has 0 aliphatic heterocycles. The van der Waals surface area contributed by atoms with E-state index in [1.54, 1.807) is 0 Å². The Hall–Kier alpha value is -3.58. The van der Waals surface area contributed by atoms with Gasteiger partial charge in [0.05, 0.1) is 12.4 Å². The molecular formula is C19H14F7N7. The standard InChI is InChI=1S/C19H14F7N7/c20-9-3-10(21)5-12(4-9)29-17-32-15(13-7-27-8-14(30-13)19(24,25)26)31-16(33-17)28-11-1-2-18(22,23)6-11/h3-5,7-8,11H,1-2,6H2,(H2,28,29,31,32,33)/t11-/m0/s1. The van der Waals surface area contributed by atoms with E-state index in [1.165, 1.54) is 0 Å². The Morgan fingerprint density at radius 2 is 1.61 bits per heavy atom. The van der Waals surface area contributed by atoms with Crippen molar-refractivity contribution in [1.29, 1.82) is 0 Å². The number of anilines is 3. The SMILES string of the molecule is Fc1cc(F)cc(Nc2nc(N[C@H]3CCC(F)(F)C3)nc(-c3cncc(C(F)(F)F)n3)n2)c1. The van der Waals surface area contributed by atoms with Crippen molar-refractivity contribution in [3.8, 4) is 11.5 Å². The summed E-state index contributed by atoms with van der Waals surface area (Å²) in [5.41, 5.74) is -1.77. The molecule has 1 atom stereocenters. The van der Waals surface area contributed by atoms with E-state index in [2.05, 4.69) is 35.6 Å². The quantitative estimate of drug-likeness (QED) is 0.506. The number of hydrogen-bond donors (Lipinski definition) is 2. The average Bonchev–Trinajstić information content (AvgIpc) is 3.04. The Morgan fingerprint density at radius 1 is 0.909 bits per heavy atom. The van der Waals surface area contributed by atoms with Gasteiger partial charge in [-0.3, -0.25) is 4.98 Å². The van der Waals surface area contributed by atoms with Gasteiger partial charge in [0, 0.05) is 30.6 Å². The molecule has 1 aliphatic carbocycles. The first-order chi connectivity index (χ1) is 15.5. The molecule has 0 saturated heterocycles. The molecule has 1 fully saturated rings. The van der Waals surface area contributed by atoms with Crippen molar-refractivity contribution in [2.45, 2.75) is 37.4 Å². The van der Waals surface area contributed by atoms with Gasteiger partial charge in [0.25, 0.3) is 0 Å². The third kappa shape index (κ3) is 5.62. The van der Waals surface area contributed by atoms with E-state index >= 15 is 0 Å². The second kappa shape index (κ2) is 8.41. The first-order valence-corrected chi connectivity index (χ1v) is 9.50. The van der Waals surface area contributed by atoms with Crippen molar-refractivity contribution in [2.75, 3.05) is 10.6 Å². The molecule has 0 radical (unpaired) electrons. The fourth-order valence-corrected chi connectivity index (χ4v) is 3.23. The van der Waals surface area contributed by atoms with Gasteiger partial charge < -0.3 is 10.6 Å². The number of hydrogen-bond acceptors (Lipinski definition) is 7. The van der Waals surface area contributed by atoms with Gasteiger partial charge in [0.2, 0.25) is 17.8 Å². The highest BCUT2D eigenvalue weighted by atomic mass is 19.4. The summed E-state index contributed by atoms with van der Waals surface area (Å²) >= 11 is 0. The first-order valence-electron chi connectivity index (χ1n) is 9.50. The van der Waals surface area contributed by atoms with Gasteiger partial charge in [0.15, 0.2) is 11.5 Å². The summed E-state index contributed by atoms with van der Waals surface area (Å²) in [7, 11) is 0. The Bertz CT molecular complexity index is 1150. The maximum atomic E-state index is 13.5. The Balaban J connectivity index is 1.71. The summed E-state index contributed by atoms with van der Waals surface area (Å²) in [5, 5.41) is 5.22. The number of benzene rings is 1. The van der Waals surface area contributed by atoms with E-state index in [0.717, 1.165) is 18.3 Å². The van der Waals surface area contributed by atoms with Crippen molar-refractivity contribution in [1.82, 2.24) is 24.9 Å². The fourth-order valence-electron chi connectivity index (χ4n) is 3.23. The number of alkyl halides is 5. The minimum atomic E-state index is -4.78. The smallest absolute Gasteiger partial charge is 0.351 e. The molecule has 2 N–H and O–H groups in total. The van der Waals surface area contributed by atoms with Crippen molar-refractivity contribution in [2.24, 2.45) is 0 Å². The van der Waals surface area contributed by atoms with Crippen LogP contribution in [0.3, 0.4) is 0 Å². The van der Waals surface area contributed by atoms with Crippen molar-refractivity contribution in [3.05, 3.63) is 47.9 Å². The molecule has 14 heteroatoms. The van der Waals surface area contributed by atoms with Gasteiger partial charge >= 0.3 is 6.18 Å². The highest BCUT2D eigenvalue weighted by Gasteiger charge is 2.40. The van der Waals surface area contributed by atoms with Crippen LogP contribution in [-0.2, 0) is 6.18 Å². The van der Waals surface area contributed by atoms with E-state index in [-0.39, 0.29) is 41.9 Å². The Labute approximate surface area is 181 Å².